The average molecular weight is 203 g/mol. The topological polar surface area (TPSA) is 51.8 Å². The van der Waals surface area contributed by atoms with E-state index < -0.39 is 0 Å². The molecule has 0 atom stereocenters. The van der Waals surface area contributed by atoms with Crippen molar-refractivity contribution >= 4 is 0 Å². The smallest absolute Gasteiger partial charge is 0.276 e. The van der Waals surface area contributed by atoms with E-state index in [2.05, 4.69) is 15.1 Å². The SMILES string of the molecule is Cc1cccnc1-c1nc(C(C)C)no1. The summed E-state index contributed by atoms with van der Waals surface area (Å²) in [6.07, 6.45) is 1.72. The van der Waals surface area contributed by atoms with Gasteiger partial charge in [0, 0.05) is 12.1 Å². The normalized spacial score (nSPS) is 10.9. The average Bonchev–Trinajstić information content (AvgIpc) is 2.67. The summed E-state index contributed by atoms with van der Waals surface area (Å²) in [6, 6.07) is 3.86. The van der Waals surface area contributed by atoms with Gasteiger partial charge in [0.1, 0.15) is 5.69 Å². The Bertz CT molecular complexity index is 462. The lowest BCUT2D eigenvalue weighted by atomic mass is 10.2. The maximum absolute atomic E-state index is 5.17. The Hall–Kier alpha value is -1.71. The Morgan fingerprint density at radius 1 is 1.33 bits per heavy atom. The van der Waals surface area contributed by atoms with Crippen LogP contribution in [-0.2, 0) is 0 Å². The standard InChI is InChI=1S/C11H13N3O/c1-7(2)10-13-11(15-14-10)9-8(3)5-4-6-12-9/h4-7H,1-3H3. The lowest BCUT2D eigenvalue weighted by molar-refractivity contribution is 0.418. The highest BCUT2D eigenvalue weighted by atomic mass is 16.5. The van der Waals surface area contributed by atoms with Crippen LogP contribution in [0, 0.1) is 6.92 Å². The number of pyridine rings is 1. The summed E-state index contributed by atoms with van der Waals surface area (Å²) in [5.41, 5.74) is 1.80. The molecule has 0 aromatic carbocycles. The van der Waals surface area contributed by atoms with Gasteiger partial charge in [-0.1, -0.05) is 25.1 Å². The van der Waals surface area contributed by atoms with Crippen LogP contribution in [0.2, 0.25) is 0 Å². The van der Waals surface area contributed by atoms with E-state index in [9.17, 15) is 0 Å². The third-order valence-electron chi connectivity index (χ3n) is 2.17. The molecular formula is C11H13N3O. The van der Waals surface area contributed by atoms with Gasteiger partial charge in [0.2, 0.25) is 0 Å². The molecule has 0 aliphatic heterocycles. The molecule has 2 heterocycles. The number of hydrogen-bond acceptors (Lipinski definition) is 4. The van der Waals surface area contributed by atoms with Crippen molar-refractivity contribution in [3.63, 3.8) is 0 Å². The molecule has 4 heteroatoms. The number of rotatable bonds is 2. The van der Waals surface area contributed by atoms with Gasteiger partial charge in [0.05, 0.1) is 0 Å². The van der Waals surface area contributed by atoms with Gasteiger partial charge in [-0.2, -0.15) is 4.98 Å². The number of aryl methyl sites for hydroxylation is 1. The predicted octanol–water partition coefficient (Wildman–Crippen LogP) is 2.56. The first-order valence-electron chi connectivity index (χ1n) is 4.94. The molecule has 2 rings (SSSR count). The molecule has 2 aromatic heterocycles. The van der Waals surface area contributed by atoms with Crippen molar-refractivity contribution in [3.05, 3.63) is 29.7 Å². The first-order chi connectivity index (χ1) is 7.18. The van der Waals surface area contributed by atoms with E-state index in [1.54, 1.807) is 6.20 Å². The van der Waals surface area contributed by atoms with E-state index in [1.165, 1.54) is 0 Å². The molecule has 0 amide bonds. The second-order valence-electron chi connectivity index (χ2n) is 3.78. The fourth-order valence-electron chi connectivity index (χ4n) is 1.28. The summed E-state index contributed by atoms with van der Waals surface area (Å²) in [4.78, 5) is 8.53. The molecule has 0 aliphatic carbocycles. The van der Waals surface area contributed by atoms with E-state index >= 15 is 0 Å². The highest BCUT2D eigenvalue weighted by Gasteiger charge is 2.13. The monoisotopic (exact) mass is 203 g/mol. The Morgan fingerprint density at radius 3 is 2.73 bits per heavy atom. The summed E-state index contributed by atoms with van der Waals surface area (Å²) in [6.45, 7) is 6.03. The van der Waals surface area contributed by atoms with Crippen LogP contribution in [0.5, 0.6) is 0 Å². The Morgan fingerprint density at radius 2 is 2.13 bits per heavy atom. The van der Waals surface area contributed by atoms with Gasteiger partial charge >= 0.3 is 0 Å². The molecule has 78 valence electrons. The zero-order chi connectivity index (χ0) is 10.8. The summed E-state index contributed by atoms with van der Waals surface area (Å²) < 4.78 is 5.17. The molecule has 0 unspecified atom stereocenters. The number of hydrogen-bond donors (Lipinski definition) is 0. The van der Waals surface area contributed by atoms with Gasteiger partial charge < -0.3 is 4.52 Å². The van der Waals surface area contributed by atoms with Crippen LogP contribution in [-0.4, -0.2) is 15.1 Å². The predicted molar refractivity (Wildman–Crippen MR) is 56.4 cm³/mol. The molecule has 0 bridgehead atoms. The van der Waals surface area contributed by atoms with Crippen LogP contribution < -0.4 is 0 Å². The van der Waals surface area contributed by atoms with Gasteiger partial charge in [-0.05, 0) is 18.6 Å². The first kappa shape index (κ1) is 9.83. The summed E-state index contributed by atoms with van der Waals surface area (Å²) in [5.74, 6) is 1.48. The van der Waals surface area contributed by atoms with Gasteiger partial charge in [-0.25, -0.2) is 0 Å². The minimum absolute atomic E-state index is 0.270. The van der Waals surface area contributed by atoms with Crippen LogP contribution in [0.3, 0.4) is 0 Å². The van der Waals surface area contributed by atoms with Crippen molar-refractivity contribution in [3.8, 4) is 11.6 Å². The van der Waals surface area contributed by atoms with Crippen LogP contribution in [0.1, 0.15) is 31.2 Å². The third kappa shape index (κ3) is 1.88. The molecule has 0 aliphatic rings. The molecule has 0 N–H and O–H groups in total. The maximum Gasteiger partial charge on any atom is 0.276 e. The zero-order valence-corrected chi connectivity index (χ0v) is 9.06. The quantitative estimate of drug-likeness (QED) is 0.752. The zero-order valence-electron chi connectivity index (χ0n) is 9.06. The fourth-order valence-corrected chi connectivity index (χ4v) is 1.28. The van der Waals surface area contributed by atoms with Crippen molar-refractivity contribution in [1.29, 1.82) is 0 Å². The number of aromatic nitrogens is 3. The van der Waals surface area contributed by atoms with E-state index in [0.717, 1.165) is 17.1 Å². The molecule has 0 radical (unpaired) electrons. The Kier molecular flexibility index (Phi) is 2.49. The van der Waals surface area contributed by atoms with Crippen LogP contribution >= 0.6 is 0 Å². The molecule has 0 spiro atoms. The second-order valence-corrected chi connectivity index (χ2v) is 3.78. The molecule has 0 saturated carbocycles. The summed E-state index contributed by atoms with van der Waals surface area (Å²) >= 11 is 0. The van der Waals surface area contributed by atoms with Gasteiger partial charge in [-0.3, -0.25) is 4.98 Å². The lowest BCUT2D eigenvalue weighted by Crippen LogP contribution is -1.91. The maximum atomic E-state index is 5.17. The first-order valence-corrected chi connectivity index (χ1v) is 4.94. The van der Waals surface area contributed by atoms with Crippen molar-refractivity contribution in [2.45, 2.75) is 26.7 Å². The van der Waals surface area contributed by atoms with Crippen LogP contribution in [0.15, 0.2) is 22.9 Å². The molecule has 0 fully saturated rings. The van der Waals surface area contributed by atoms with Gasteiger partial charge in [0.15, 0.2) is 5.82 Å². The summed E-state index contributed by atoms with van der Waals surface area (Å²) in [7, 11) is 0. The lowest BCUT2D eigenvalue weighted by Gasteiger charge is -1.97. The molecule has 4 nitrogen and oxygen atoms in total. The van der Waals surface area contributed by atoms with E-state index in [1.807, 2.05) is 32.9 Å². The highest BCUT2D eigenvalue weighted by Crippen LogP contribution is 2.20. The van der Waals surface area contributed by atoms with E-state index in [-0.39, 0.29) is 5.92 Å². The van der Waals surface area contributed by atoms with Crippen molar-refractivity contribution < 1.29 is 4.52 Å². The molecule has 0 saturated heterocycles. The van der Waals surface area contributed by atoms with Gasteiger partial charge in [-0.15, -0.1) is 0 Å². The minimum atomic E-state index is 0.270. The van der Waals surface area contributed by atoms with Crippen molar-refractivity contribution in [2.24, 2.45) is 0 Å². The number of nitrogens with zero attached hydrogens (tertiary/aromatic N) is 3. The second kappa shape index (κ2) is 3.81. The molecule has 15 heavy (non-hydrogen) atoms. The van der Waals surface area contributed by atoms with E-state index in [0.29, 0.717) is 5.89 Å². The van der Waals surface area contributed by atoms with Crippen LogP contribution in [0.25, 0.3) is 11.6 Å². The molecular weight excluding hydrogens is 190 g/mol. The van der Waals surface area contributed by atoms with E-state index in [4.69, 9.17) is 4.52 Å². The Labute approximate surface area is 88.4 Å². The Balaban J connectivity index is 2.42. The largest absolute Gasteiger partial charge is 0.332 e. The summed E-state index contributed by atoms with van der Waals surface area (Å²) in [5, 5.41) is 3.91. The van der Waals surface area contributed by atoms with Crippen molar-refractivity contribution in [2.75, 3.05) is 0 Å². The van der Waals surface area contributed by atoms with Crippen molar-refractivity contribution in [1.82, 2.24) is 15.1 Å². The highest BCUT2D eigenvalue weighted by molar-refractivity contribution is 5.51. The van der Waals surface area contributed by atoms with Crippen LogP contribution in [0.4, 0.5) is 0 Å². The fraction of sp³-hybridized carbons (Fsp3) is 0.364. The minimum Gasteiger partial charge on any atom is -0.332 e. The third-order valence-corrected chi connectivity index (χ3v) is 2.17. The van der Waals surface area contributed by atoms with Gasteiger partial charge in [0.25, 0.3) is 5.89 Å². The molecule has 2 aromatic rings.